The van der Waals surface area contributed by atoms with Gasteiger partial charge in [-0.25, -0.2) is 5.53 Å². The lowest BCUT2D eigenvalue weighted by Crippen LogP contribution is -2.04. The minimum atomic E-state index is -0.877. The highest BCUT2D eigenvalue weighted by Crippen LogP contribution is 2.47. The second-order valence-corrected chi connectivity index (χ2v) is 4.84. The molecule has 0 aliphatic rings. The molecule has 0 unspecified atom stereocenters. The molecule has 0 saturated carbocycles. The number of carbonyl (C=O) groups is 1. The van der Waals surface area contributed by atoms with Gasteiger partial charge in [0.25, 0.3) is 5.91 Å². The van der Waals surface area contributed by atoms with E-state index in [-0.39, 0.29) is 39.2 Å². The molecule has 7 nitrogen and oxygen atoms in total. The molecule has 0 spiro atoms. The number of nitrogens with zero attached hydrogens (tertiary/aromatic N) is 1. The van der Waals surface area contributed by atoms with Crippen LogP contribution >= 0.6 is 0 Å². The normalized spacial score (nSPS) is 10.9. The topological polar surface area (TPSA) is 146 Å². The molecule has 3 aromatic carbocycles. The number of nitrogen functional groups attached to an aromatic ring is 2. The van der Waals surface area contributed by atoms with Crippen LogP contribution in [0.4, 0.5) is 11.4 Å². The van der Waals surface area contributed by atoms with Gasteiger partial charge in [0.05, 0.1) is 22.0 Å². The third-order valence-electron chi connectivity index (χ3n) is 3.64. The number of amides is 1. The van der Waals surface area contributed by atoms with Gasteiger partial charge in [0.1, 0.15) is 11.5 Å². The Bertz CT molecular complexity index is 966. The summed E-state index contributed by atoms with van der Waals surface area (Å²) in [5.74, 6) is -1.19. The van der Waals surface area contributed by atoms with E-state index < -0.39 is 5.91 Å². The van der Waals surface area contributed by atoms with Crippen LogP contribution in [0.5, 0.6) is 11.5 Å². The zero-order valence-electron chi connectivity index (χ0n) is 11.3. The van der Waals surface area contributed by atoms with E-state index >= 15 is 0 Å². The molecule has 7 N–H and O–H groups in total. The molecular formula is C15H12N4O3. The van der Waals surface area contributed by atoms with Gasteiger partial charge in [-0.2, -0.15) is 0 Å². The molecule has 0 saturated heterocycles. The molecule has 3 aromatic rings. The van der Waals surface area contributed by atoms with E-state index in [1.807, 2.05) is 0 Å². The molecule has 0 fully saturated rings. The Morgan fingerprint density at radius 3 is 2.14 bits per heavy atom. The summed E-state index contributed by atoms with van der Waals surface area (Å²) in [5.41, 5.74) is 18.5. The molecule has 0 aliphatic carbocycles. The third kappa shape index (κ3) is 1.65. The van der Waals surface area contributed by atoms with Crippen molar-refractivity contribution in [3.05, 3.63) is 35.9 Å². The van der Waals surface area contributed by atoms with E-state index in [1.165, 1.54) is 6.07 Å². The van der Waals surface area contributed by atoms with Crippen LogP contribution in [0.1, 0.15) is 10.4 Å². The summed E-state index contributed by atoms with van der Waals surface area (Å²) >= 11 is 0. The largest absolute Gasteiger partial charge is 0.507 e. The Balaban J connectivity index is 2.62. The fourth-order valence-corrected chi connectivity index (χ4v) is 2.62. The Kier molecular flexibility index (Phi) is 2.84. The van der Waals surface area contributed by atoms with Gasteiger partial charge in [-0.3, -0.25) is 4.79 Å². The van der Waals surface area contributed by atoms with Crippen LogP contribution in [0.2, 0.25) is 0 Å². The Morgan fingerprint density at radius 1 is 1.05 bits per heavy atom. The van der Waals surface area contributed by atoms with Crippen LogP contribution in [-0.4, -0.2) is 16.1 Å². The Labute approximate surface area is 124 Å². The summed E-state index contributed by atoms with van der Waals surface area (Å²) in [4.78, 5) is 11.7. The summed E-state index contributed by atoms with van der Waals surface area (Å²) in [7, 11) is 0. The van der Waals surface area contributed by atoms with E-state index in [4.69, 9.17) is 17.0 Å². The summed E-state index contributed by atoms with van der Waals surface area (Å²) in [5, 5.41) is 24.8. The van der Waals surface area contributed by atoms with Gasteiger partial charge in [-0.15, -0.1) is 5.11 Å². The molecule has 0 bridgehead atoms. The number of nitrogens with two attached hydrogens (primary N) is 2. The van der Waals surface area contributed by atoms with Crippen LogP contribution in [-0.2, 0) is 0 Å². The molecule has 7 heteroatoms. The molecule has 1 amide bonds. The van der Waals surface area contributed by atoms with E-state index in [0.717, 1.165) is 0 Å². The van der Waals surface area contributed by atoms with Crippen LogP contribution in [0.3, 0.4) is 0 Å². The van der Waals surface area contributed by atoms with Crippen molar-refractivity contribution in [1.82, 2.24) is 0 Å². The number of hydrogen-bond acceptors (Lipinski definition) is 6. The second kappa shape index (κ2) is 4.59. The zero-order chi connectivity index (χ0) is 16.0. The van der Waals surface area contributed by atoms with Gasteiger partial charge in [0.2, 0.25) is 0 Å². The van der Waals surface area contributed by atoms with Gasteiger partial charge in [0, 0.05) is 16.5 Å². The van der Waals surface area contributed by atoms with Gasteiger partial charge in [-0.05, 0) is 6.07 Å². The molecule has 0 atom stereocenters. The SMILES string of the molecule is N=NC(=O)c1cc(N)c2c(O)c3ccccc3c(O)c2c1N. The number of fused-ring (bicyclic) bond motifs is 2. The van der Waals surface area contributed by atoms with Crippen molar-refractivity contribution < 1.29 is 15.0 Å². The molecule has 0 aromatic heterocycles. The highest BCUT2D eigenvalue weighted by Gasteiger charge is 2.21. The zero-order valence-corrected chi connectivity index (χ0v) is 11.3. The smallest absolute Gasteiger partial charge is 0.297 e. The predicted octanol–water partition coefficient (Wildman–Crippen LogP) is 2.74. The number of carbonyl (C=O) groups excluding carboxylic acids is 1. The van der Waals surface area contributed by atoms with Crippen molar-refractivity contribution in [1.29, 1.82) is 5.53 Å². The molecule has 0 aliphatic heterocycles. The van der Waals surface area contributed by atoms with Crippen molar-refractivity contribution in [3.63, 3.8) is 0 Å². The number of anilines is 2. The van der Waals surface area contributed by atoms with Crippen molar-refractivity contribution >= 4 is 38.8 Å². The van der Waals surface area contributed by atoms with Crippen LogP contribution in [0.15, 0.2) is 35.4 Å². The number of aromatic hydroxyl groups is 2. The highest BCUT2D eigenvalue weighted by molar-refractivity contribution is 6.21. The lowest BCUT2D eigenvalue weighted by Gasteiger charge is -2.15. The van der Waals surface area contributed by atoms with E-state index in [2.05, 4.69) is 5.11 Å². The van der Waals surface area contributed by atoms with Gasteiger partial charge >= 0.3 is 0 Å². The van der Waals surface area contributed by atoms with E-state index in [9.17, 15) is 15.0 Å². The van der Waals surface area contributed by atoms with E-state index in [1.54, 1.807) is 24.3 Å². The number of phenols is 2. The number of nitrogens with one attached hydrogen (secondary N) is 1. The summed E-state index contributed by atoms with van der Waals surface area (Å²) < 4.78 is 0. The monoisotopic (exact) mass is 296 g/mol. The fraction of sp³-hybridized carbons (Fsp3) is 0. The Morgan fingerprint density at radius 2 is 1.59 bits per heavy atom. The first kappa shape index (κ1) is 13.6. The standard InChI is InChI=1S/C15H12N4O3/c16-9-5-8(15(22)19-18)12(17)11-10(9)13(20)6-3-1-2-4-7(6)14(11)21/h1-5,18,20-21H,16-17H2. The first-order chi connectivity index (χ1) is 10.5. The van der Waals surface area contributed by atoms with E-state index in [0.29, 0.717) is 10.8 Å². The van der Waals surface area contributed by atoms with Crippen molar-refractivity contribution in [2.24, 2.45) is 5.11 Å². The first-order valence-electron chi connectivity index (χ1n) is 6.33. The van der Waals surface area contributed by atoms with Crippen LogP contribution in [0, 0.1) is 5.53 Å². The maximum Gasteiger partial charge on any atom is 0.297 e. The van der Waals surface area contributed by atoms with Gasteiger partial charge in [0.15, 0.2) is 0 Å². The number of hydrogen-bond donors (Lipinski definition) is 5. The van der Waals surface area contributed by atoms with Gasteiger partial charge < -0.3 is 21.7 Å². The number of rotatable bonds is 1. The molecular weight excluding hydrogens is 284 g/mol. The molecule has 22 heavy (non-hydrogen) atoms. The third-order valence-corrected chi connectivity index (χ3v) is 3.64. The van der Waals surface area contributed by atoms with Crippen molar-refractivity contribution in [2.45, 2.75) is 0 Å². The number of benzene rings is 3. The van der Waals surface area contributed by atoms with Crippen molar-refractivity contribution in [2.75, 3.05) is 11.5 Å². The fourth-order valence-electron chi connectivity index (χ4n) is 2.62. The minimum Gasteiger partial charge on any atom is -0.507 e. The summed E-state index contributed by atoms with van der Waals surface area (Å²) in [6.45, 7) is 0. The molecule has 0 radical (unpaired) electrons. The quantitative estimate of drug-likeness (QED) is 0.203. The molecule has 3 rings (SSSR count). The lowest BCUT2D eigenvalue weighted by atomic mass is 9.95. The minimum absolute atomic E-state index is 0.0646. The average molecular weight is 296 g/mol. The molecule has 0 heterocycles. The van der Waals surface area contributed by atoms with Crippen LogP contribution < -0.4 is 11.5 Å². The first-order valence-corrected chi connectivity index (χ1v) is 6.33. The second-order valence-electron chi connectivity index (χ2n) is 4.84. The molecule has 110 valence electrons. The summed E-state index contributed by atoms with van der Waals surface area (Å²) in [6.07, 6.45) is 0. The lowest BCUT2D eigenvalue weighted by molar-refractivity contribution is 0.0992. The van der Waals surface area contributed by atoms with Crippen LogP contribution in [0.25, 0.3) is 21.5 Å². The van der Waals surface area contributed by atoms with Crippen molar-refractivity contribution in [3.8, 4) is 11.5 Å². The Hall–Kier alpha value is -3.35. The highest BCUT2D eigenvalue weighted by atomic mass is 16.3. The average Bonchev–Trinajstić information content (AvgIpc) is 2.53. The maximum atomic E-state index is 11.7. The van der Waals surface area contributed by atoms with Gasteiger partial charge in [-0.1, -0.05) is 24.3 Å². The maximum absolute atomic E-state index is 11.7. The summed E-state index contributed by atoms with van der Waals surface area (Å²) in [6, 6.07) is 7.90. The number of phenolic OH excluding ortho intramolecular Hbond substituents is 2. The predicted molar refractivity (Wildman–Crippen MR) is 83.1 cm³/mol.